The molecule has 0 bridgehead atoms. The zero-order valence-corrected chi connectivity index (χ0v) is 56.8. The van der Waals surface area contributed by atoms with Crippen LogP contribution < -0.4 is 0 Å². The Labute approximate surface area is 520 Å². The van der Waals surface area contributed by atoms with Crippen LogP contribution in [0.3, 0.4) is 0 Å². The number of quaternary nitrogens is 1. The van der Waals surface area contributed by atoms with Gasteiger partial charge in [0.2, 0.25) is 0 Å². The molecule has 0 radical (unpaired) electrons. The molecule has 0 aliphatic rings. The molecule has 0 aromatic heterocycles. The summed E-state index contributed by atoms with van der Waals surface area (Å²) in [6, 6.07) is 0. The number of ether oxygens (including phenoxy) is 2. The van der Waals surface area contributed by atoms with E-state index in [2.05, 4.69) is 86.8 Å². The van der Waals surface area contributed by atoms with Crippen molar-refractivity contribution in [3.63, 3.8) is 0 Å². The van der Waals surface area contributed by atoms with Crippen LogP contribution >= 0.6 is 7.82 Å². The first-order chi connectivity index (χ1) is 41.0. The van der Waals surface area contributed by atoms with Crippen LogP contribution in [0.5, 0.6) is 0 Å². The quantitative estimate of drug-likeness (QED) is 0.0211. The number of likely N-dealkylation sites (N-methyl/N-ethyl adjacent to an activating group) is 1. The van der Waals surface area contributed by atoms with Gasteiger partial charge in [0.1, 0.15) is 19.8 Å². The van der Waals surface area contributed by atoms with Crippen molar-refractivity contribution in [3.8, 4) is 0 Å². The standard InChI is InChI=1S/C74H136NO8P/c1-6-8-10-12-14-16-18-20-22-24-26-28-29-30-31-32-33-34-35-36-37-38-39-40-41-42-43-44-45-47-49-51-53-55-57-59-61-63-65-67-74(77)83-72(71-82-84(78,79)81-69-68-75(3,4)5)70-80-73(76)66-64-62-60-58-56-54-52-50-48-46-27-25-23-21-19-17-15-13-11-9-7-2/h8,10,14,16,20,22,25-28,30-31,72H,6-7,9,11-13,15,17-19,21,23-24,29,32-71H2,1-5H3/p+1/b10-8-,16-14-,22-20-,27-25-,28-26-,31-30-. The highest BCUT2D eigenvalue weighted by molar-refractivity contribution is 7.47. The molecule has 0 aliphatic heterocycles. The first-order valence-electron chi connectivity index (χ1n) is 35.7. The summed E-state index contributed by atoms with van der Waals surface area (Å²) in [7, 11) is 1.49. The number of phosphoric acid groups is 1. The van der Waals surface area contributed by atoms with E-state index in [1.807, 2.05) is 21.1 Å². The van der Waals surface area contributed by atoms with E-state index in [9.17, 15) is 19.0 Å². The maximum Gasteiger partial charge on any atom is 0.472 e. The van der Waals surface area contributed by atoms with E-state index in [0.29, 0.717) is 17.4 Å². The number of esters is 2. The van der Waals surface area contributed by atoms with Gasteiger partial charge < -0.3 is 18.9 Å². The van der Waals surface area contributed by atoms with E-state index in [1.54, 1.807) is 0 Å². The normalized spacial score (nSPS) is 13.5. The molecule has 0 amide bonds. The van der Waals surface area contributed by atoms with Crippen molar-refractivity contribution >= 4 is 19.8 Å². The predicted octanol–water partition coefficient (Wildman–Crippen LogP) is 23.2. The first kappa shape index (κ1) is 81.5. The van der Waals surface area contributed by atoms with Crippen LogP contribution in [0.1, 0.15) is 335 Å². The van der Waals surface area contributed by atoms with E-state index in [4.69, 9.17) is 18.5 Å². The molecular formula is C74H137NO8P+. The Balaban J connectivity index is 3.94. The number of nitrogens with zero attached hydrogens (tertiary/aromatic N) is 1. The van der Waals surface area contributed by atoms with Crippen molar-refractivity contribution in [1.29, 1.82) is 0 Å². The van der Waals surface area contributed by atoms with Gasteiger partial charge in [0.15, 0.2) is 6.10 Å². The van der Waals surface area contributed by atoms with Gasteiger partial charge in [-0.25, -0.2) is 4.57 Å². The Bertz CT molecular complexity index is 1650. The lowest BCUT2D eigenvalue weighted by molar-refractivity contribution is -0.870. The first-order valence-corrected chi connectivity index (χ1v) is 37.2. The Morgan fingerprint density at radius 3 is 1.02 bits per heavy atom. The smallest absolute Gasteiger partial charge is 0.462 e. The molecule has 0 aliphatic carbocycles. The van der Waals surface area contributed by atoms with Crippen molar-refractivity contribution < 1.29 is 42.1 Å². The maximum atomic E-state index is 12.9. The van der Waals surface area contributed by atoms with E-state index < -0.39 is 26.5 Å². The van der Waals surface area contributed by atoms with Crippen LogP contribution in [-0.4, -0.2) is 74.9 Å². The summed E-state index contributed by atoms with van der Waals surface area (Å²) in [5.74, 6) is -0.784. The topological polar surface area (TPSA) is 108 Å². The summed E-state index contributed by atoms with van der Waals surface area (Å²) >= 11 is 0. The monoisotopic (exact) mass is 1200 g/mol. The fraction of sp³-hybridized carbons (Fsp3) is 0.811. The molecule has 2 unspecified atom stereocenters. The van der Waals surface area contributed by atoms with Crippen LogP contribution in [0.15, 0.2) is 72.9 Å². The molecule has 2 atom stereocenters. The molecule has 0 rings (SSSR count). The number of carbonyl (C=O) groups excluding carboxylic acids is 2. The van der Waals surface area contributed by atoms with Gasteiger partial charge in [0.25, 0.3) is 0 Å². The number of allylic oxidation sites excluding steroid dienone is 12. The third-order valence-corrected chi connectivity index (χ3v) is 16.7. The van der Waals surface area contributed by atoms with Gasteiger partial charge in [-0.05, 0) is 83.5 Å². The molecule has 1 N–H and O–H groups in total. The molecule has 0 saturated carbocycles. The highest BCUT2D eigenvalue weighted by Gasteiger charge is 2.27. The predicted molar refractivity (Wildman–Crippen MR) is 363 cm³/mol. The van der Waals surface area contributed by atoms with Gasteiger partial charge in [-0.2, -0.15) is 0 Å². The molecule has 0 saturated heterocycles. The minimum atomic E-state index is -4.39. The lowest BCUT2D eigenvalue weighted by atomic mass is 10.0. The second kappa shape index (κ2) is 64.9. The van der Waals surface area contributed by atoms with Gasteiger partial charge in [-0.1, -0.05) is 311 Å². The molecule has 10 heteroatoms. The van der Waals surface area contributed by atoms with E-state index in [-0.39, 0.29) is 32.0 Å². The minimum Gasteiger partial charge on any atom is -0.462 e. The molecule has 0 aromatic rings. The van der Waals surface area contributed by atoms with Gasteiger partial charge in [-0.3, -0.25) is 18.6 Å². The van der Waals surface area contributed by atoms with Gasteiger partial charge >= 0.3 is 19.8 Å². The lowest BCUT2D eigenvalue weighted by Gasteiger charge is -2.24. The van der Waals surface area contributed by atoms with E-state index >= 15 is 0 Å². The number of phosphoric ester groups is 1. The molecule has 0 fully saturated rings. The fourth-order valence-corrected chi connectivity index (χ4v) is 11.0. The Hall–Kier alpha value is -2.55. The van der Waals surface area contributed by atoms with Crippen LogP contribution in [0.2, 0.25) is 0 Å². The minimum absolute atomic E-state index is 0.0324. The summed E-state index contributed by atoms with van der Waals surface area (Å²) in [5.41, 5.74) is 0. The number of hydrogen-bond acceptors (Lipinski definition) is 7. The van der Waals surface area contributed by atoms with E-state index in [1.165, 1.54) is 238 Å². The molecule has 0 spiro atoms. The Morgan fingerprint density at radius 1 is 0.381 bits per heavy atom. The van der Waals surface area contributed by atoms with Gasteiger partial charge in [0.05, 0.1) is 27.7 Å². The third kappa shape index (κ3) is 68.6. The summed E-state index contributed by atoms with van der Waals surface area (Å²) in [5, 5.41) is 0. The van der Waals surface area contributed by atoms with E-state index in [0.717, 1.165) is 64.2 Å². The number of unbranched alkanes of at least 4 members (excludes halogenated alkanes) is 40. The Morgan fingerprint density at radius 2 is 0.679 bits per heavy atom. The molecule has 84 heavy (non-hydrogen) atoms. The summed E-state index contributed by atoms with van der Waals surface area (Å²) < 4.78 is 34.7. The van der Waals surface area contributed by atoms with Crippen molar-refractivity contribution in [2.45, 2.75) is 341 Å². The zero-order valence-electron chi connectivity index (χ0n) is 55.9. The van der Waals surface area contributed by atoms with Crippen LogP contribution in [-0.2, 0) is 32.7 Å². The SMILES string of the molecule is CC/C=C\C/C=C\C/C=C\C/C=C\C/C=C\CCCCCCCCCCCCCCCCCCCCCCCCCC(=O)OC(COC(=O)CCCCCCCCCCC/C=C\CCCCCCCCCC)COP(=O)(O)OCC[N+](C)(C)C. The third-order valence-electron chi connectivity index (χ3n) is 15.7. The summed E-state index contributed by atoms with van der Waals surface area (Å²) in [4.78, 5) is 35.8. The fourth-order valence-electron chi connectivity index (χ4n) is 10.3. The number of carbonyl (C=O) groups is 2. The lowest BCUT2D eigenvalue weighted by Crippen LogP contribution is -2.37. The average molecular weight is 1200 g/mol. The van der Waals surface area contributed by atoms with Crippen molar-refractivity contribution in [2.24, 2.45) is 0 Å². The molecular weight excluding hydrogens is 1060 g/mol. The second-order valence-electron chi connectivity index (χ2n) is 25.2. The molecule has 9 nitrogen and oxygen atoms in total. The van der Waals surface area contributed by atoms with Crippen molar-refractivity contribution in [3.05, 3.63) is 72.9 Å². The second-order valence-corrected chi connectivity index (χ2v) is 26.7. The largest absolute Gasteiger partial charge is 0.472 e. The average Bonchev–Trinajstić information content (AvgIpc) is 3.61. The highest BCUT2D eigenvalue weighted by Crippen LogP contribution is 2.43. The molecule has 490 valence electrons. The molecule has 0 aromatic carbocycles. The van der Waals surface area contributed by atoms with Crippen LogP contribution in [0.25, 0.3) is 0 Å². The van der Waals surface area contributed by atoms with Gasteiger partial charge in [-0.15, -0.1) is 0 Å². The number of rotatable bonds is 66. The van der Waals surface area contributed by atoms with Gasteiger partial charge in [0, 0.05) is 12.8 Å². The van der Waals surface area contributed by atoms with Crippen LogP contribution in [0.4, 0.5) is 0 Å². The van der Waals surface area contributed by atoms with Crippen LogP contribution in [0, 0.1) is 0 Å². The number of hydrogen-bond donors (Lipinski definition) is 1. The molecule has 0 heterocycles. The Kier molecular flexibility index (Phi) is 62.9. The maximum absolute atomic E-state index is 12.9. The summed E-state index contributed by atoms with van der Waals surface area (Å²) in [6.07, 6.45) is 87.3. The zero-order chi connectivity index (χ0) is 61.2. The van der Waals surface area contributed by atoms with Crippen molar-refractivity contribution in [2.75, 3.05) is 47.5 Å². The summed E-state index contributed by atoms with van der Waals surface area (Å²) in [6.45, 7) is 4.37. The van der Waals surface area contributed by atoms with Crippen molar-refractivity contribution in [1.82, 2.24) is 0 Å². The highest BCUT2D eigenvalue weighted by atomic mass is 31.2.